The summed E-state index contributed by atoms with van der Waals surface area (Å²) in [5.41, 5.74) is 0. The second-order valence-electron chi connectivity index (χ2n) is 11.2. The van der Waals surface area contributed by atoms with Crippen molar-refractivity contribution in [2.75, 3.05) is 0 Å². The SMILES string of the molecule is CCCCCCCCCCCCCC=CCCCCCCCCCCCCCCCCCCC. The lowest BCUT2D eigenvalue weighted by Crippen LogP contribution is -1.83. The fraction of sp³-hybridized carbons (Fsp3) is 0.941. The first-order chi connectivity index (χ1) is 16.9. The molecule has 0 saturated heterocycles. The Morgan fingerprint density at radius 1 is 0.235 bits per heavy atom. The number of hydrogen-bond donors (Lipinski definition) is 0. The topological polar surface area (TPSA) is 0 Å². The predicted octanol–water partition coefficient (Wildman–Crippen LogP) is 13.3. The average Bonchev–Trinajstić information content (AvgIpc) is 2.85. The Morgan fingerprint density at radius 2 is 0.412 bits per heavy atom. The lowest BCUT2D eigenvalue weighted by Gasteiger charge is -2.03. The third kappa shape index (κ3) is 31.7. The van der Waals surface area contributed by atoms with E-state index < -0.39 is 0 Å². The molecule has 0 spiro atoms. The van der Waals surface area contributed by atoms with Crippen molar-refractivity contribution in [1.29, 1.82) is 0 Å². The minimum atomic E-state index is 1.32. The lowest BCUT2D eigenvalue weighted by atomic mass is 10.0. The van der Waals surface area contributed by atoms with Crippen LogP contribution in [0.5, 0.6) is 0 Å². The molecule has 0 aromatic rings. The molecule has 0 N–H and O–H groups in total. The van der Waals surface area contributed by atoms with Crippen LogP contribution in [-0.4, -0.2) is 0 Å². The van der Waals surface area contributed by atoms with Crippen molar-refractivity contribution >= 4 is 0 Å². The van der Waals surface area contributed by atoms with Crippen molar-refractivity contribution in [3.8, 4) is 0 Å². The van der Waals surface area contributed by atoms with Gasteiger partial charge in [0.25, 0.3) is 0 Å². The molecule has 204 valence electrons. The fourth-order valence-corrected chi connectivity index (χ4v) is 5.15. The van der Waals surface area contributed by atoms with Crippen molar-refractivity contribution in [3.63, 3.8) is 0 Å². The molecular formula is C34H68. The van der Waals surface area contributed by atoms with Gasteiger partial charge in [0.05, 0.1) is 0 Å². The third-order valence-electron chi connectivity index (χ3n) is 7.62. The summed E-state index contributed by atoms with van der Waals surface area (Å²) in [6, 6.07) is 0. The van der Waals surface area contributed by atoms with Gasteiger partial charge < -0.3 is 0 Å². The highest BCUT2D eigenvalue weighted by Gasteiger charge is 1.95. The molecule has 0 amide bonds. The Bertz CT molecular complexity index is 355. The summed E-state index contributed by atoms with van der Waals surface area (Å²) >= 11 is 0. The Labute approximate surface area is 218 Å². The molecule has 0 heteroatoms. The van der Waals surface area contributed by atoms with Crippen LogP contribution in [0.1, 0.15) is 206 Å². The molecule has 0 heterocycles. The summed E-state index contributed by atoms with van der Waals surface area (Å²) in [5.74, 6) is 0. The monoisotopic (exact) mass is 477 g/mol. The van der Waals surface area contributed by atoms with Crippen LogP contribution < -0.4 is 0 Å². The minimum Gasteiger partial charge on any atom is -0.0885 e. The molecule has 0 radical (unpaired) electrons. The van der Waals surface area contributed by atoms with Crippen LogP contribution in [0.4, 0.5) is 0 Å². The summed E-state index contributed by atoms with van der Waals surface area (Å²) in [7, 11) is 0. The van der Waals surface area contributed by atoms with E-state index in [0.717, 1.165) is 0 Å². The molecule has 0 aliphatic heterocycles. The van der Waals surface area contributed by atoms with Crippen molar-refractivity contribution in [2.45, 2.75) is 206 Å². The number of rotatable bonds is 30. The van der Waals surface area contributed by atoms with Gasteiger partial charge >= 0.3 is 0 Å². The third-order valence-corrected chi connectivity index (χ3v) is 7.62. The molecule has 0 atom stereocenters. The highest BCUT2D eigenvalue weighted by atomic mass is 14.0. The first-order valence-corrected chi connectivity index (χ1v) is 16.6. The zero-order valence-corrected chi connectivity index (χ0v) is 24.4. The molecule has 0 aliphatic carbocycles. The van der Waals surface area contributed by atoms with Gasteiger partial charge in [-0.2, -0.15) is 0 Å². The molecule has 0 aliphatic rings. The van der Waals surface area contributed by atoms with E-state index in [9.17, 15) is 0 Å². The molecule has 0 unspecified atom stereocenters. The Balaban J connectivity index is 3.06. The molecule has 0 bridgehead atoms. The van der Waals surface area contributed by atoms with Gasteiger partial charge in [-0.05, 0) is 25.7 Å². The average molecular weight is 477 g/mol. The van der Waals surface area contributed by atoms with Gasteiger partial charge in [-0.25, -0.2) is 0 Å². The van der Waals surface area contributed by atoms with E-state index in [-0.39, 0.29) is 0 Å². The summed E-state index contributed by atoms with van der Waals surface area (Å²) in [4.78, 5) is 0. The van der Waals surface area contributed by atoms with Gasteiger partial charge in [0.2, 0.25) is 0 Å². The summed E-state index contributed by atoms with van der Waals surface area (Å²) < 4.78 is 0. The Hall–Kier alpha value is -0.260. The van der Waals surface area contributed by atoms with Crippen molar-refractivity contribution < 1.29 is 0 Å². The van der Waals surface area contributed by atoms with E-state index in [0.29, 0.717) is 0 Å². The van der Waals surface area contributed by atoms with Crippen LogP contribution in [-0.2, 0) is 0 Å². The van der Waals surface area contributed by atoms with E-state index in [2.05, 4.69) is 26.0 Å². The van der Waals surface area contributed by atoms with Gasteiger partial charge in [0, 0.05) is 0 Å². The van der Waals surface area contributed by atoms with Gasteiger partial charge in [0.1, 0.15) is 0 Å². The highest BCUT2D eigenvalue weighted by molar-refractivity contribution is 4.81. The first kappa shape index (κ1) is 33.7. The van der Waals surface area contributed by atoms with Crippen LogP contribution in [0.15, 0.2) is 12.2 Å². The maximum absolute atomic E-state index is 2.46. The summed E-state index contributed by atoms with van der Waals surface area (Å²) in [6.07, 6.45) is 48.4. The smallest absolute Gasteiger partial charge is 0.0351 e. The van der Waals surface area contributed by atoms with E-state index in [4.69, 9.17) is 0 Å². The van der Waals surface area contributed by atoms with Crippen LogP contribution in [0, 0.1) is 0 Å². The highest BCUT2D eigenvalue weighted by Crippen LogP contribution is 2.15. The van der Waals surface area contributed by atoms with E-state index >= 15 is 0 Å². The van der Waals surface area contributed by atoms with E-state index in [1.165, 1.54) is 193 Å². The van der Waals surface area contributed by atoms with E-state index in [1.807, 2.05) is 0 Å². The van der Waals surface area contributed by atoms with Gasteiger partial charge in [-0.3, -0.25) is 0 Å². The molecule has 0 aromatic heterocycles. The van der Waals surface area contributed by atoms with Crippen LogP contribution in [0.25, 0.3) is 0 Å². The Kier molecular flexibility index (Phi) is 32.5. The molecule has 0 aromatic carbocycles. The molecular weight excluding hydrogens is 408 g/mol. The maximum atomic E-state index is 2.46. The number of hydrogen-bond acceptors (Lipinski definition) is 0. The second-order valence-corrected chi connectivity index (χ2v) is 11.2. The normalized spacial score (nSPS) is 11.7. The van der Waals surface area contributed by atoms with Crippen LogP contribution in [0.2, 0.25) is 0 Å². The van der Waals surface area contributed by atoms with Crippen LogP contribution in [0.3, 0.4) is 0 Å². The van der Waals surface area contributed by atoms with E-state index in [1.54, 1.807) is 0 Å². The standard InChI is InChI=1S/C34H68/c1-3-5-7-9-11-13-15-17-19-21-23-25-27-29-31-33-34-32-30-28-26-24-22-20-18-16-14-12-10-8-6-4-2/h27,29H,3-26,28,30-34H2,1-2H3. The fourth-order valence-electron chi connectivity index (χ4n) is 5.15. The summed E-state index contributed by atoms with van der Waals surface area (Å²) in [6.45, 7) is 4.61. The van der Waals surface area contributed by atoms with Crippen LogP contribution >= 0.6 is 0 Å². The number of allylic oxidation sites excluding steroid dienone is 2. The zero-order valence-electron chi connectivity index (χ0n) is 24.4. The second kappa shape index (κ2) is 32.7. The predicted molar refractivity (Wildman–Crippen MR) is 159 cm³/mol. The molecule has 0 nitrogen and oxygen atoms in total. The van der Waals surface area contributed by atoms with Crippen molar-refractivity contribution in [2.24, 2.45) is 0 Å². The largest absolute Gasteiger partial charge is 0.0885 e. The van der Waals surface area contributed by atoms with Gasteiger partial charge in [-0.1, -0.05) is 193 Å². The van der Waals surface area contributed by atoms with Gasteiger partial charge in [-0.15, -0.1) is 0 Å². The molecule has 0 fully saturated rings. The molecule has 34 heavy (non-hydrogen) atoms. The first-order valence-electron chi connectivity index (χ1n) is 16.6. The zero-order chi connectivity index (χ0) is 24.6. The molecule has 0 rings (SSSR count). The quantitative estimate of drug-likeness (QED) is 0.0714. The minimum absolute atomic E-state index is 1.32. The maximum Gasteiger partial charge on any atom is -0.0351 e. The number of unbranched alkanes of at least 4 members (excludes halogenated alkanes) is 28. The lowest BCUT2D eigenvalue weighted by molar-refractivity contribution is 0.527. The summed E-state index contributed by atoms with van der Waals surface area (Å²) in [5, 5.41) is 0. The van der Waals surface area contributed by atoms with Crippen molar-refractivity contribution in [3.05, 3.63) is 12.2 Å². The van der Waals surface area contributed by atoms with Gasteiger partial charge in [0.15, 0.2) is 0 Å². The molecule has 0 saturated carbocycles. The van der Waals surface area contributed by atoms with Crippen molar-refractivity contribution in [1.82, 2.24) is 0 Å². The Morgan fingerprint density at radius 3 is 0.618 bits per heavy atom.